The van der Waals surface area contributed by atoms with Gasteiger partial charge in [-0.1, -0.05) is 29.8 Å². The number of imidazole rings is 1. The SMILES string of the molecule is Cc1ccc(C)c(-c2nc3cccc(C)c3[nH]2)c1. The molecule has 0 bridgehead atoms. The summed E-state index contributed by atoms with van der Waals surface area (Å²) >= 11 is 0. The predicted octanol–water partition coefficient (Wildman–Crippen LogP) is 4.16. The maximum atomic E-state index is 4.69. The highest BCUT2D eigenvalue weighted by molar-refractivity contribution is 5.82. The minimum absolute atomic E-state index is 0.959. The van der Waals surface area contributed by atoms with Gasteiger partial charge in [0.1, 0.15) is 5.82 Å². The smallest absolute Gasteiger partial charge is 0.138 e. The fraction of sp³-hybridized carbons (Fsp3) is 0.188. The first-order chi connectivity index (χ1) is 8.65. The van der Waals surface area contributed by atoms with Gasteiger partial charge in [0.25, 0.3) is 0 Å². The van der Waals surface area contributed by atoms with Gasteiger partial charge in [0.2, 0.25) is 0 Å². The van der Waals surface area contributed by atoms with Crippen LogP contribution >= 0.6 is 0 Å². The van der Waals surface area contributed by atoms with Crippen LogP contribution in [0.5, 0.6) is 0 Å². The van der Waals surface area contributed by atoms with E-state index >= 15 is 0 Å². The second-order valence-electron chi connectivity index (χ2n) is 4.87. The van der Waals surface area contributed by atoms with E-state index in [1.165, 1.54) is 22.3 Å². The quantitative estimate of drug-likeness (QED) is 0.675. The van der Waals surface area contributed by atoms with Crippen molar-refractivity contribution in [1.82, 2.24) is 9.97 Å². The monoisotopic (exact) mass is 236 g/mol. The van der Waals surface area contributed by atoms with E-state index in [1.54, 1.807) is 0 Å². The fourth-order valence-corrected chi connectivity index (χ4v) is 2.29. The summed E-state index contributed by atoms with van der Waals surface area (Å²) in [6.07, 6.45) is 0. The third kappa shape index (κ3) is 1.70. The molecule has 0 fully saturated rings. The van der Waals surface area contributed by atoms with Crippen molar-refractivity contribution in [1.29, 1.82) is 0 Å². The number of para-hydroxylation sites is 1. The van der Waals surface area contributed by atoms with E-state index in [4.69, 9.17) is 4.98 Å². The zero-order chi connectivity index (χ0) is 12.7. The van der Waals surface area contributed by atoms with Gasteiger partial charge in [-0.25, -0.2) is 4.98 Å². The molecule has 0 aliphatic rings. The molecule has 2 nitrogen and oxygen atoms in total. The summed E-state index contributed by atoms with van der Waals surface area (Å²) in [7, 11) is 0. The molecule has 0 spiro atoms. The number of aromatic nitrogens is 2. The molecule has 18 heavy (non-hydrogen) atoms. The molecule has 3 aromatic rings. The Hall–Kier alpha value is -2.09. The Morgan fingerprint density at radius 1 is 0.944 bits per heavy atom. The molecule has 90 valence electrons. The summed E-state index contributed by atoms with van der Waals surface area (Å²) in [5, 5.41) is 0. The normalized spacial score (nSPS) is 11.1. The van der Waals surface area contributed by atoms with Crippen LogP contribution in [0.3, 0.4) is 0 Å². The van der Waals surface area contributed by atoms with Crippen LogP contribution in [0.1, 0.15) is 16.7 Å². The number of benzene rings is 2. The van der Waals surface area contributed by atoms with Crippen molar-refractivity contribution >= 4 is 11.0 Å². The Morgan fingerprint density at radius 3 is 2.56 bits per heavy atom. The van der Waals surface area contributed by atoms with Crippen LogP contribution in [0.15, 0.2) is 36.4 Å². The first kappa shape index (κ1) is 11.0. The van der Waals surface area contributed by atoms with Gasteiger partial charge in [0, 0.05) is 5.56 Å². The van der Waals surface area contributed by atoms with Crippen LogP contribution in [0.2, 0.25) is 0 Å². The molecule has 0 saturated carbocycles. The van der Waals surface area contributed by atoms with Gasteiger partial charge in [0.15, 0.2) is 0 Å². The molecule has 2 heteroatoms. The average Bonchev–Trinajstić information content (AvgIpc) is 2.77. The number of aromatic amines is 1. The van der Waals surface area contributed by atoms with E-state index < -0.39 is 0 Å². The molecule has 1 aromatic heterocycles. The molecular formula is C16H16N2. The summed E-state index contributed by atoms with van der Waals surface area (Å²) in [5.74, 6) is 0.959. The minimum Gasteiger partial charge on any atom is -0.338 e. The second kappa shape index (κ2) is 3.98. The van der Waals surface area contributed by atoms with Crippen LogP contribution in [-0.4, -0.2) is 9.97 Å². The maximum absolute atomic E-state index is 4.69. The molecule has 0 unspecified atom stereocenters. The number of nitrogens with zero attached hydrogens (tertiary/aromatic N) is 1. The highest BCUT2D eigenvalue weighted by Crippen LogP contribution is 2.25. The van der Waals surface area contributed by atoms with Crippen molar-refractivity contribution in [3.05, 3.63) is 53.1 Å². The largest absolute Gasteiger partial charge is 0.338 e. The van der Waals surface area contributed by atoms with Gasteiger partial charge in [-0.3, -0.25) is 0 Å². The lowest BCUT2D eigenvalue weighted by molar-refractivity contribution is 1.29. The molecule has 2 aromatic carbocycles. The summed E-state index contributed by atoms with van der Waals surface area (Å²) in [6.45, 7) is 6.33. The van der Waals surface area contributed by atoms with E-state index in [2.05, 4.69) is 50.0 Å². The highest BCUT2D eigenvalue weighted by atomic mass is 14.9. The van der Waals surface area contributed by atoms with Gasteiger partial charge in [-0.15, -0.1) is 0 Å². The van der Waals surface area contributed by atoms with Gasteiger partial charge < -0.3 is 4.98 Å². The van der Waals surface area contributed by atoms with Crippen molar-refractivity contribution < 1.29 is 0 Å². The number of aryl methyl sites for hydroxylation is 3. The zero-order valence-electron chi connectivity index (χ0n) is 10.9. The van der Waals surface area contributed by atoms with Gasteiger partial charge in [-0.2, -0.15) is 0 Å². The number of hydrogen-bond donors (Lipinski definition) is 1. The second-order valence-corrected chi connectivity index (χ2v) is 4.87. The van der Waals surface area contributed by atoms with Crippen molar-refractivity contribution in [3.8, 4) is 11.4 Å². The van der Waals surface area contributed by atoms with Crippen molar-refractivity contribution in [2.45, 2.75) is 20.8 Å². The van der Waals surface area contributed by atoms with Crippen molar-refractivity contribution in [2.75, 3.05) is 0 Å². The van der Waals surface area contributed by atoms with Crippen LogP contribution in [0, 0.1) is 20.8 Å². The average molecular weight is 236 g/mol. The predicted molar refractivity (Wildman–Crippen MR) is 75.7 cm³/mol. The molecule has 0 saturated heterocycles. The molecule has 3 rings (SSSR count). The van der Waals surface area contributed by atoms with Crippen molar-refractivity contribution in [3.63, 3.8) is 0 Å². The lowest BCUT2D eigenvalue weighted by atomic mass is 10.1. The third-order valence-corrected chi connectivity index (χ3v) is 3.37. The highest BCUT2D eigenvalue weighted by Gasteiger charge is 2.08. The van der Waals surface area contributed by atoms with Crippen LogP contribution < -0.4 is 0 Å². The molecular weight excluding hydrogens is 220 g/mol. The lowest BCUT2D eigenvalue weighted by Crippen LogP contribution is -1.86. The van der Waals surface area contributed by atoms with Gasteiger partial charge in [-0.05, 0) is 44.0 Å². The van der Waals surface area contributed by atoms with Crippen LogP contribution in [0.4, 0.5) is 0 Å². The first-order valence-electron chi connectivity index (χ1n) is 6.18. The fourth-order valence-electron chi connectivity index (χ4n) is 2.29. The van der Waals surface area contributed by atoms with Gasteiger partial charge >= 0.3 is 0 Å². The van der Waals surface area contributed by atoms with E-state index in [0.717, 1.165) is 16.9 Å². The number of H-pyrrole nitrogens is 1. The standard InChI is InChI=1S/C16H16N2/c1-10-7-8-11(2)13(9-10)16-17-14-6-4-5-12(3)15(14)18-16/h4-9H,1-3H3,(H,17,18). The minimum atomic E-state index is 0.959. The topological polar surface area (TPSA) is 28.7 Å². The third-order valence-electron chi connectivity index (χ3n) is 3.37. The molecule has 1 heterocycles. The molecule has 1 N–H and O–H groups in total. The number of rotatable bonds is 1. The molecule has 0 radical (unpaired) electrons. The summed E-state index contributed by atoms with van der Waals surface area (Å²) < 4.78 is 0. The van der Waals surface area contributed by atoms with Crippen LogP contribution in [0.25, 0.3) is 22.4 Å². The Labute approximate surface area is 107 Å². The lowest BCUT2D eigenvalue weighted by Gasteiger charge is -2.03. The van der Waals surface area contributed by atoms with Crippen LogP contribution in [-0.2, 0) is 0 Å². The van der Waals surface area contributed by atoms with E-state index in [-0.39, 0.29) is 0 Å². The van der Waals surface area contributed by atoms with E-state index in [9.17, 15) is 0 Å². The first-order valence-corrected chi connectivity index (χ1v) is 6.18. The van der Waals surface area contributed by atoms with Crippen molar-refractivity contribution in [2.24, 2.45) is 0 Å². The Morgan fingerprint density at radius 2 is 1.78 bits per heavy atom. The van der Waals surface area contributed by atoms with E-state index in [0.29, 0.717) is 0 Å². The Kier molecular flexibility index (Phi) is 2.44. The summed E-state index contributed by atoms with van der Waals surface area (Å²) in [6, 6.07) is 12.7. The molecule has 0 aliphatic heterocycles. The molecule has 0 atom stereocenters. The number of fused-ring (bicyclic) bond motifs is 1. The van der Waals surface area contributed by atoms with E-state index in [1.807, 2.05) is 12.1 Å². The Bertz CT molecular complexity index is 723. The molecule has 0 amide bonds. The molecule has 0 aliphatic carbocycles. The maximum Gasteiger partial charge on any atom is 0.138 e. The number of hydrogen-bond acceptors (Lipinski definition) is 1. The van der Waals surface area contributed by atoms with Gasteiger partial charge in [0.05, 0.1) is 11.0 Å². The Balaban J connectivity index is 2.26. The zero-order valence-corrected chi connectivity index (χ0v) is 10.9. The summed E-state index contributed by atoms with van der Waals surface area (Å²) in [4.78, 5) is 8.13. The number of nitrogens with one attached hydrogen (secondary N) is 1. The summed E-state index contributed by atoms with van der Waals surface area (Å²) in [5.41, 5.74) is 7.09.